The van der Waals surface area contributed by atoms with Gasteiger partial charge in [-0.05, 0) is 24.6 Å². The van der Waals surface area contributed by atoms with Crippen LogP contribution in [0.25, 0.3) is 0 Å². The van der Waals surface area contributed by atoms with Crippen LogP contribution in [0, 0.1) is 6.92 Å². The first-order valence-electron chi connectivity index (χ1n) is 5.92. The van der Waals surface area contributed by atoms with Gasteiger partial charge in [0.15, 0.2) is 0 Å². The number of nitrogens with two attached hydrogens (primary N) is 1. The van der Waals surface area contributed by atoms with E-state index >= 15 is 0 Å². The molecule has 0 bridgehead atoms. The third kappa shape index (κ3) is 2.39. The molecule has 1 atom stereocenters. The van der Waals surface area contributed by atoms with Crippen LogP contribution in [0.15, 0.2) is 23.1 Å². The van der Waals surface area contributed by atoms with Gasteiger partial charge >= 0.3 is 0 Å². The number of amides is 2. The Morgan fingerprint density at radius 3 is 2.55 bits per heavy atom. The Hall–Kier alpha value is -1.93. The van der Waals surface area contributed by atoms with Crippen molar-refractivity contribution >= 4 is 27.5 Å². The van der Waals surface area contributed by atoms with Gasteiger partial charge in [0, 0.05) is 12.7 Å². The average molecular weight is 297 g/mol. The van der Waals surface area contributed by atoms with E-state index in [9.17, 15) is 18.0 Å². The van der Waals surface area contributed by atoms with Crippen LogP contribution in [0.3, 0.4) is 0 Å². The minimum atomic E-state index is -3.91. The molecule has 20 heavy (non-hydrogen) atoms. The third-order valence-corrected chi connectivity index (χ3v) is 4.91. The lowest BCUT2D eigenvalue weighted by molar-refractivity contribution is -0.137. The fraction of sp³-hybridized carbons (Fsp3) is 0.333. The number of benzene rings is 1. The number of nitrogens with zero attached hydrogens (tertiary/aromatic N) is 1. The first-order valence-corrected chi connectivity index (χ1v) is 7.40. The first kappa shape index (κ1) is 14.5. The summed E-state index contributed by atoms with van der Waals surface area (Å²) in [5.74, 6) is -0.966. The number of likely N-dealkylation sites (tertiary alicyclic amines) is 1. The lowest BCUT2D eigenvalue weighted by Crippen LogP contribution is -2.40. The molecule has 3 N–H and O–H groups in total. The molecule has 1 aromatic carbocycles. The number of carbonyl (C=O) groups is 2. The summed E-state index contributed by atoms with van der Waals surface area (Å²) in [6.07, 6.45) is -0.171. The van der Waals surface area contributed by atoms with Crippen LogP contribution in [0.4, 0.5) is 5.69 Å². The second-order valence-corrected chi connectivity index (χ2v) is 6.32. The van der Waals surface area contributed by atoms with E-state index in [0.29, 0.717) is 11.3 Å². The molecule has 2 rings (SSSR count). The number of nitrogen functional groups attached to an aromatic ring is 1. The molecule has 1 aliphatic rings. The molecule has 0 radical (unpaired) electrons. The largest absolute Gasteiger partial charge is 0.398 e. The van der Waals surface area contributed by atoms with E-state index < -0.39 is 27.9 Å². The van der Waals surface area contributed by atoms with Gasteiger partial charge in [0.1, 0.15) is 6.04 Å². The van der Waals surface area contributed by atoms with Crippen LogP contribution in [-0.4, -0.2) is 38.2 Å². The minimum absolute atomic E-state index is 0.00676. The van der Waals surface area contributed by atoms with Gasteiger partial charge in [-0.25, -0.2) is 8.42 Å². The maximum Gasteiger partial charge on any atom is 0.247 e. The number of imide groups is 1. The molecule has 1 fully saturated rings. The maximum absolute atomic E-state index is 12.3. The van der Waals surface area contributed by atoms with Gasteiger partial charge < -0.3 is 5.73 Å². The lowest BCUT2D eigenvalue weighted by atomic mass is 10.2. The van der Waals surface area contributed by atoms with Gasteiger partial charge in [-0.2, -0.15) is 4.72 Å². The van der Waals surface area contributed by atoms with Crippen molar-refractivity contribution < 1.29 is 18.0 Å². The van der Waals surface area contributed by atoms with Gasteiger partial charge in [-0.15, -0.1) is 0 Å². The predicted molar refractivity (Wildman–Crippen MR) is 72.1 cm³/mol. The van der Waals surface area contributed by atoms with Crippen molar-refractivity contribution in [2.24, 2.45) is 0 Å². The Morgan fingerprint density at radius 2 is 2.00 bits per heavy atom. The van der Waals surface area contributed by atoms with E-state index in [4.69, 9.17) is 5.73 Å². The van der Waals surface area contributed by atoms with Crippen LogP contribution < -0.4 is 10.5 Å². The highest BCUT2D eigenvalue weighted by Gasteiger charge is 2.38. The Bertz CT molecular complexity index is 684. The Kier molecular flexibility index (Phi) is 3.53. The molecule has 2 amide bonds. The van der Waals surface area contributed by atoms with E-state index in [2.05, 4.69) is 4.72 Å². The van der Waals surface area contributed by atoms with E-state index in [1.807, 2.05) is 0 Å². The monoisotopic (exact) mass is 297 g/mol. The molecule has 1 saturated heterocycles. The second kappa shape index (κ2) is 4.88. The predicted octanol–water partition coefficient (Wildman–Crippen LogP) is -0.387. The van der Waals surface area contributed by atoms with E-state index in [1.165, 1.54) is 19.2 Å². The van der Waals surface area contributed by atoms with Crippen LogP contribution in [0.1, 0.15) is 12.0 Å². The summed E-state index contributed by atoms with van der Waals surface area (Å²) in [5, 5.41) is 0. The highest BCUT2D eigenvalue weighted by atomic mass is 32.2. The summed E-state index contributed by atoms with van der Waals surface area (Å²) in [7, 11) is -2.58. The van der Waals surface area contributed by atoms with Crippen molar-refractivity contribution in [1.82, 2.24) is 9.62 Å². The molecular weight excluding hydrogens is 282 g/mol. The van der Waals surface area contributed by atoms with Crippen LogP contribution >= 0.6 is 0 Å². The van der Waals surface area contributed by atoms with Gasteiger partial charge in [-0.3, -0.25) is 14.5 Å². The summed E-state index contributed by atoms with van der Waals surface area (Å²) in [6, 6.07) is 3.45. The van der Waals surface area contributed by atoms with Crippen molar-refractivity contribution in [3.05, 3.63) is 23.8 Å². The topological polar surface area (TPSA) is 110 Å². The highest BCUT2D eigenvalue weighted by Crippen LogP contribution is 2.22. The summed E-state index contributed by atoms with van der Waals surface area (Å²) in [6.45, 7) is 1.58. The number of nitrogens with one attached hydrogen (secondary N) is 1. The molecule has 7 nitrogen and oxygen atoms in total. The second-order valence-electron chi connectivity index (χ2n) is 4.64. The molecule has 0 aromatic heterocycles. The molecule has 108 valence electrons. The summed E-state index contributed by atoms with van der Waals surface area (Å²) >= 11 is 0. The number of likely N-dealkylation sites (N-methyl/N-ethyl adjacent to an activating group) is 1. The molecule has 0 spiro atoms. The van der Waals surface area contributed by atoms with Gasteiger partial charge in [0.05, 0.1) is 11.3 Å². The number of sulfonamides is 1. The van der Waals surface area contributed by atoms with Gasteiger partial charge in [0.2, 0.25) is 21.8 Å². The maximum atomic E-state index is 12.3. The van der Waals surface area contributed by atoms with Gasteiger partial charge in [-0.1, -0.05) is 6.07 Å². The fourth-order valence-electron chi connectivity index (χ4n) is 2.02. The number of hydrogen-bond donors (Lipinski definition) is 2. The first-order chi connectivity index (χ1) is 9.24. The molecule has 1 aliphatic heterocycles. The van der Waals surface area contributed by atoms with Crippen molar-refractivity contribution in [1.29, 1.82) is 0 Å². The fourth-order valence-corrected chi connectivity index (χ4v) is 3.49. The molecule has 0 saturated carbocycles. The highest BCUT2D eigenvalue weighted by molar-refractivity contribution is 7.89. The average Bonchev–Trinajstić information content (AvgIpc) is 2.60. The molecule has 1 heterocycles. The Labute approximate surface area is 116 Å². The third-order valence-electron chi connectivity index (χ3n) is 3.29. The summed E-state index contributed by atoms with van der Waals surface area (Å²) in [4.78, 5) is 24.0. The zero-order chi connectivity index (χ0) is 15.1. The van der Waals surface area contributed by atoms with Crippen molar-refractivity contribution in [3.8, 4) is 0 Å². The quantitative estimate of drug-likeness (QED) is 0.583. The van der Waals surface area contributed by atoms with Crippen LogP contribution in [0.5, 0.6) is 0 Å². The minimum Gasteiger partial charge on any atom is -0.398 e. The zero-order valence-electron chi connectivity index (χ0n) is 11.1. The van der Waals surface area contributed by atoms with Crippen molar-refractivity contribution in [2.75, 3.05) is 12.8 Å². The van der Waals surface area contributed by atoms with Gasteiger partial charge in [0.25, 0.3) is 0 Å². The number of hydrogen-bond acceptors (Lipinski definition) is 5. The number of anilines is 1. The normalized spacial score (nSPS) is 19.7. The van der Waals surface area contributed by atoms with Crippen LogP contribution in [0.2, 0.25) is 0 Å². The number of rotatable bonds is 3. The van der Waals surface area contributed by atoms with E-state index in [-0.39, 0.29) is 11.3 Å². The number of carbonyl (C=O) groups excluding carboxylic acids is 2. The smallest absolute Gasteiger partial charge is 0.247 e. The van der Waals surface area contributed by atoms with Crippen molar-refractivity contribution in [2.45, 2.75) is 24.3 Å². The summed E-state index contributed by atoms with van der Waals surface area (Å²) in [5.41, 5.74) is 6.43. The molecule has 1 unspecified atom stereocenters. The Morgan fingerprint density at radius 1 is 1.35 bits per heavy atom. The van der Waals surface area contributed by atoms with E-state index in [0.717, 1.165) is 4.90 Å². The molecule has 8 heteroatoms. The standard InChI is InChI=1S/C12H15N3O4S/c1-7-8(13)4-3-5-10(7)20(18,19)14-9-6-11(16)15(2)12(9)17/h3-5,9,14H,6,13H2,1-2H3. The molecule has 1 aromatic rings. The summed E-state index contributed by atoms with van der Waals surface area (Å²) < 4.78 is 26.8. The van der Waals surface area contributed by atoms with Crippen LogP contribution in [-0.2, 0) is 19.6 Å². The SMILES string of the molecule is Cc1c(N)cccc1S(=O)(=O)NC1CC(=O)N(C)C1=O. The lowest BCUT2D eigenvalue weighted by Gasteiger charge is -2.14. The van der Waals surface area contributed by atoms with E-state index in [1.54, 1.807) is 13.0 Å². The molecule has 0 aliphatic carbocycles. The zero-order valence-corrected chi connectivity index (χ0v) is 11.9. The Balaban J connectivity index is 2.31. The molecular formula is C12H15N3O4S. The van der Waals surface area contributed by atoms with Crippen molar-refractivity contribution in [3.63, 3.8) is 0 Å².